The van der Waals surface area contributed by atoms with Gasteiger partial charge in [0.2, 0.25) is 0 Å². The molecule has 0 aliphatic rings. The molecule has 0 aromatic heterocycles. The fourth-order valence-electron chi connectivity index (χ4n) is 0.968. The van der Waals surface area contributed by atoms with Gasteiger partial charge in [0, 0.05) is 17.3 Å². The third-order valence-electron chi connectivity index (χ3n) is 1.53. The summed E-state index contributed by atoms with van der Waals surface area (Å²) in [6.45, 7) is 0.246. The van der Waals surface area contributed by atoms with E-state index in [1.807, 2.05) is 0 Å². The van der Waals surface area contributed by atoms with E-state index in [0.717, 1.165) is 0 Å². The van der Waals surface area contributed by atoms with E-state index in [2.05, 4.69) is 5.32 Å². The molecular weight excluding hydrogens is 227 g/mol. The van der Waals surface area contributed by atoms with Gasteiger partial charge in [-0.3, -0.25) is 5.32 Å². The van der Waals surface area contributed by atoms with Crippen molar-refractivity contribution in [3.8, 4) is 0 Å². The van der Waals surface area contributed by atoms with Crippen molar-refractivity contribution in [3.63, 3.8) is 0 Å². The zero-order valence-corrected chi connectivity index (χ0v) is 8.73. The van der Waals surface area contributed by atoms with Gasteiger partial charge >= 0.3 is 6.09 Å². The number of carbonyl (C=O) groups is 1. The van der Waals surface area contributed by atoms with Crippen LogP contribution in [0.3, 0.4) is 0 Å². The summed E-state index contributed by atoms with van der Waals surface area (Å²) in [7, 11) is 0. The van der Waals surface area contributed by atoms with E-state index >= 15 is 0 Å². The first kappa shape index (κ1) is 13.0. The first-order chi connectivity index (χ1) is 6.13. The number of carboxylic acid groups (broad SMARTS) is 1. The lowest BCUT2D eigenvalue weighted by Crippen LogP contribution is -2.10. The lowest BCUT2D eigenvalue weighted by Gasteiger charge is -2.06. The Morgan fingerprint density at radius 3 is 2.71 bits per heavy atom. The Labute approximate surface area is 92.5 Å². The van der Waals surface area contributed by atoms with E-state index < -0.39 is 6.09 Å². The van der Waals surface area contributed by atoms with Gasteiger partial charge in [-0.25, -0.2) is 4.79 Å². The predicted octanol–water partition coefficient (Wildman–Crippen LogP) is 2.31. The summed E-state index contributed by atoms with van der Waals surface area (Å²) in [6, 6.07) is 4.82. The fraction of sp³-hybridized carbons (Fsp3) is 0.125. The second-order valence-corrected chi connectivity index (χ2v) is 2.87. The van der Waals surface area contributed by atoms with E-state index in [-0.39, 0.29) is 19.0 Å². The van der Waals surface area contributed by atoms with Crippen molar-refractivity contribution >= 4 is 35.8 Å². The smallest absolute Gasteiger partial charge is 0.409 e. The van der Waals surface area contributed by atoms with Crippen molar-refractivity contribution in [2.75, 3.05) is 5.32 Å². The number of halogens is 2. The van der Waals surface area contributed by atoms with Crippen LogP contribution in [0.15, 0.2) is 18.2 Å². The van der Waals surface area contributed by atoms with Crippen LogP contribution in [-0.4, -0.2) is 11.2 Å². The molecule has 1 aromatic carbocycles. The standard InChI is InChI=1S/C8H9ClN2O2.ClH/c9-6-1-2-7(11-8(12)13)5(3-6)4-10;/h1-3,11H,4,10H2,(H,12,13);1H. The summed E-state index contributed by atoms with van der Waals surface area (Å²) in [6.07, 6.45) is -1.11. The van der Waals surface area contributed by atoms with Crippen molar-refractivity contribution in [2.45, 2.75) is 6.54 Å². The molecule has 0 atom stereocenters. The van der Waals surface area contributed by atoms with E-state index in [4.69, 9.17) is 22.4 Å². The molecule has 1 aromatic rings. The summed E-state index contributed by atoms with van der Waals surface area (Å²) in [5.74, 6) is 0. The van der Waals surface area contributed by atoms with Crippen molar-refractivity contribution < 1.29 is 9.90 Å². The monoisotopic (exact) mass is 236 g/mol. The van der Waals surface area contributed by atoms with Gasteiger partial charge in [-0.1, -0.05) is 11.6 Å². The largest absolute Gasteiger partial charge is 0.465 e. The Bertz CT molecular complexity index is 331. The molecule has 0 unspecified atom stereocenters. The molecule has 0 bridgehead atoms. The molecular formula is C8H10Cl2N2O2. The lowest BCUT2D eigenvalue weighted by atomic mass is 10.2. The third kappa shape index (κ3) is 3.41. The summed E-state index contributed by atoms with van der Waals surface area (Å²) in [5, 5.41) is 11.2. The number of hydrogen-bond acceptors (Lipinski definition) is 2. The van der Waals surface area contributed by atoms with Crippen LogP contribution < -0.4 is 11.1 Å². The summed E-state index contributed by atoms with van der Waals surface area (Å²) in [5.41, 5.74) is 6.55. The average Bonchev–Trinajstić information content (AvgIpc) is 2.07. The Hall–Kier alpha value is -0.970. The highest BCUT2D eigenvalue weighted by molar-refractivity contribution is 6.30. The quantitative estimate of drug-likeness (QED) is 0.738. The molecule has 0 saturated heterocycles. The van der Waals surface area contributed by atoms with Crippen LogP contribution in [-0.2, 0) is 6.54 Å². The highest BCUT2D eigenvalue weighted by Gasteiger charge is 2.04. The molecule has 4 N–H and O–H groups in total. The van der Waals surface area contributed by atoms with Gasteiger partial charge in [-0.15, -0.1) is 12.4 Å². The van der Waals surface area contributed by atoms with Crippen molar-refractivity contribution in [1.82, 2.24) is 0 Å². The minimum Gasteiger partial charge on any atom is -0.465 e. The number of hydrogen-bond donors (Lipinski definition) is 3. The van der Waals surface area contributed by atoms with Crippen LogP contribution in [0.4, 0.5) is 10.5 Å². The topological polar surface area (TPSA) is 75.3 Å². The maximum atomic E-state index is 10.3. The van der Waals surface area contributed by atoms with Crippen molar-refractivity contribution in [3.05, 3.63) is 28.8 Å². The van der Waals surface area contributed by atoms with Crippen molar-refractivity contribution in [2.24, 2.45) is 5.73 Å². The molecule has 0 aliphatic heterocycles. The Balaban J connectivity index is 0.00000169. The average molecular weight is 237 g/mol. The molecule has 78 valence electrons. The maximum absolute atomic E-state index is 10.3. The number of benzene rings is 1. The van der Waals surface area contributed by atoms with Crippen LogP contribution in [0.5, 0.6) is 0 Å². The molecule has 0 spiro atoms. The van der Waals surface area contributed by atoms with Crippen molar-refractivity contribution in [1.29, 1.82) is 0 Å². The van der Waals surface area contributed by atoms with E-state index in [0.29, 0.717) is 16.3 Å². The van der Waals surface area contributed by atoms with E-state index in [9.17, 15) is 4.79 Å². The molecule has 0 fully saturated rings. The predicted molar refractivity (Wildman–Crippen MR) is 58.2 cm³/mol. The number of amides is 1. The van der Waals surface area contributed by atoms with Crippen LogP contribution in [0.1, 0.15) is 5.56 Å². The van der Waals surface area contributed by atoms with Gasteiger partial charge in [-0.05, 0) is 23.8 Å². The zero-order valence-electron chi connectivity index (χ0n) is 7.16. The van der Waals surface area contributed by atoms with Gasteiger partial charge in [0.25, 0.3) is 0 Å². The second kappa shape index (κ2) is 5.70. The summed E-state index contributed by atoms with van der Waals surface area (Å²) >= 11 is 5.70. The van der Waals surface area contributed by atoms with Gasteiger partial charge in [0.15, 0.2) is 0 Å². The van der Waals surface area contributed by atoms with Gasteiger partial charge in [0.05, 0.1) is 0 Å². The maximum Gasteiger partial charge on any atom is 0.409 e. The molecule has 0 saturated carbocycles. The molecule has 6 heteroatoms. The molecule has 4 nitrogen and oxygen atoms in total. The Morgan fingerprint density at radius 2 is 2.21 bits per heavy atom. The SMILES string of the molecule is Cl.NCc1cc(Cl)ccc1NC(=O)O. The molecule has 1 amide bonds. The molecule has 14 heavy (non-hydrogen) atoms. The number of nitrogens with one attached hydrogen (secondary N) is 1. The Morgan fingerprint density at radius 1 is 1.57 bits per heavy atom. The number of nitrogens with two attached hydrogens (primary N) is 1. The Kier molecular flexibility index (Phi) is 5.30. The van der Waals surface area contributed by atoms with Gasteiger partial charge < -0.3 is 10.8 Å². The normalized spacial score (nSPS) is 9.00. The third-order valence-corrected chi connectivity index (χ3v) is 1.76. The second-order valence-electron chi connectivity index (χ2n) is 2.44. The van der Waals surface area contributed by atoms with Crippen LogP contribution >= 0.6 is 24.0 Å². The van der Waals surface area contributed by atoms with E-state index in [1.54, 1.807) is 18.2 Å². The summed E-state index contributed by atoms with van der Waals surface area (Å²) in [4.78, 5) is 10.3. The minimum atomic E-state index is -1.11. The molecule has 0 heterocycles. The van der Waals surface area contributed by atoms with Gasteiger partial charge in [-0.2, -0.15) is 0 Å². The van der Waals surface area contributed by atoms with E-state index in [1.165, 1.54) is 0 Å². The highest BCUT2D eigenvalue weighted by atomic mass is 35.5. The minimum absolute atomic E-state index is 0. The summed E-state index contributed by atoms with van der Waals surface area (Å²) < 4.78 is 0. The number of rotatable bonds is 2. The van der Waals surface area contributed by atoms with Crippen LogP contribution in [0.2, 0.25) is 5.02 Å². The molecule has 1 rings (SSSR count). The molecule has 0 aliphatic carbocycles. The highest BCUT2D eigenvalue weighted by Crippen LogP contribution is 2.19. The first-order valence-corrected chi connectivity index (χ1v) is 3.99. The molecule has 0 radical (unpaired) electrons. The fourth-order valence-corrected chi connectivity index (χ4v) is 1.16. The first-order valence-electron chi connectivity index (χ1n) is 3.62. The number of anilines is 1. The van der Waals surface area contributed by atoms with Crippen LogP contribution in [0.25, 0.3) is 0 Å². The van der Waals surface area contributed by atoms with Crippen LogP contribution in [0, 0.1) is 0 Å². The zero-order chi connectivity index (χ0) is 9.84. The lowest BCUT2D eigenvalue weighted by molar-refractivity contribution is 0.209. The van der Waals surface area contributed by atoms with Gasteiger partial charge in [0.1, 0.15) is 0 Å².